The molecular formula is C12H14F2O4. The molecule has 0 aromatic heterocycles. The average Bonchev–Trinajstić information content (AvgIpc) is 2.30. The van der Waals surface area contributed by atoms with E-state index in [4.69, 9.17) is 9.84 Å². The molecule has 1 aromatic carbocycles. The van der Waals surface area contributed by atoms with Gasteiger partial charge in [0.25, 0.3) is 0 Å². The number of rotatable bonds is 7. The van der Waals surface area contributed by atoms with E-state index in [1.54, 1.807) is 12.1 Å². The number of methoxy groups -OCH3 is 1. The second-order valence-electron chi connectivity index (χ2n) is 3.57. The first-order valence-electron chi connectivity index (χ1n) is 5.37. The first-order chi connectivity index (χ1) is 8.54. The largest absolute Gasteiger partial charge is 0.493 e. The highest BCUT2D eigenvalue weighted by molar-refractivity contribution is 5.66. The van der Waals surface area contributed by atoms with Crippen LogP contribution in [-0.2, 0) is 11.2 Å². The van der Waals surface area contributed by atoms with Gasteiger partial charge < -0.3 is 14.6 Å². The van der Waals surface area contributed by atoms with Crippen molar-refractivity contribution in [3.05, 3.63) is 23.8 Å². The molecule has 0 amide bonds. The summed E-state index contributed by atoms with van der Waals surface area (Å²) in [5.74, 6) is -0.738. The van der Waals surface area contributed by atoms with E-state index in [1.165, 1.54) is 13.2 Å². The van der Waals surface area contributed by atoms with E-state index in [1.807, 2.05) is 0 Å². The van der Waals surface area contributed by atoms with Gasteiger partial charge in [0.2, 0.25) is 0 Å². The highest BCUT2D eigenvalue weighted by Crippen LogP contribution is 2.33. The van der Waals surface area contributed by atoms with Crippen LogP contribution in [-0.4, -0.2) is 24.8 Å². The fourth-order valence-electron chi connectivity index (χ4n) is 1.57. The highest BCUT2D eigenvalue weighted by Gasteiger charge is 2.15. The van der Waals surface area contributed by atoms with Crippen molar-refractivity contribution in [2.75, 3.05) is 7.11 Å². The van der Waals surface area contributed by atoms with E-state index in [-0.39, 0.29) is 17.9 Å². The van der Waals surface area contributed by atoms with Crippen molar-refractivity contribution in [3.63, 3.8) is 0 Å². The van der Waals surface area contributed by atoms with Gasteiger partial charge in [-0.15, -0.1) is 0 Å². The standard InChI is InChI=1S/C12H14F2O4/c1-17-9-6-2-4-8(5-3-7-10(15)16)11(9)18-12(13)14/h2,4,6,12H,3,5,7H2,1H3,(H,15,16). The van der Waals surface area contributed by atoms with E-state index in [0.717, 1.165) is 0 Å². The van der Waals surface area contributed by atoms with Crippen LogP contribution in [0.3, 0.4) is 0 Å². The van der Waals surface area contributed by atoms with Gasteiger partial charge in [-0.05, 0) is 24.5 Å². The number of ether oxygens (including phenoxy) is 2. The normalized spacial score (nSPS) is 10.4. The summed E-state index contributed by atoms with van der Waals surface area (Å²) in [6, 6.07) is 4.77. The molecule has 0 aliphatic heterocycles. The molecule has 0 fully saturated rings. The quantitative estimate of drug-likeness (QED) is 0.819. The van der Waals surface area contributed by atoms with Crippen molar-refractivity contribution in [1.82, 2.24) is 0 Å². The van der Waals surface area contributed by atoms with Crippen LogP contribution in [0.15, 0.2) is 18.2 Å². The van der Waals surface area contributed by atoms with Gasteiger partial charge in [-0.3, -0.25) is 4.79 Å². The van der Waals surface area contributed by atoms with Gasteiger partial charge in [0.15, 0.2) is 11.5 Å². The van der Waals surface area contributed by atoms with E-state index < -0.39 is 12.6 Å². The second kappa shape index (κ2) is 6.78. The number of aliphatic carboxylic acids is 1. The molecule has 6 heteroatoms. The number of carboxylic acids is 1. The number of carboxylic acid groups (broad SMARTS) is 1. The van der Waals surface area contributed by atoms with Gasteiger partial charge in [-0.2, -0.15) is 8.78 Å². The smallest absolute Gasteiger partial charge is 0.387 e. The number of para-hydroxylation sites is 1. The molecule has 100 valence electrons. The molecule has 4 nitrogen and oxygen atoms in total. The molecule has 0 saturated heterocycles. The minimum atomic E-state index is -2.94. The monoisotopic (exact) mass is 260 g/mol. The maximum absolute atomic E-state index is 12.3. The minimum Gasteiger partial charge on any atom is -0.493 e. The lowest BCUT2D eigenvalue weighted by atomic mass is 10.1. The Morgan fingerprint density at radius 2 is 2.17 bits per heavy atom. The third-order valence-electron chi connectivity index (χ3n) is 2.32. The van der Waals surface area contributed by atoms with Crippen LogP contribution in [0.4, 0.5) is 8.78 Å². The van der Waals surface area contributed by atoms with Crippen LogP contribution in [0.2, 0.25) is 0 Å². The van der Waals surface area contributed by atoms with Crippen LogP contribution < -0.4 is 9.47 Å². The summed E-state index contributed by atoms with van der Waals surface area (Å²) in [7, 11) is 1.36. The summed E-state index contributed by atoms with van der Waals surface area (Å²) in [5, 5.41) is 8.53. The molecule has 1 aromatic rings. The highest BCUT2D eigenvalue weighted by atomic mass is 19.3. The van der Waals surface area contributed by atoms with Gasteiger partial charge >= 0.3 is 12.6 Å². The Labute approximate surface area is 103 Å². The van der Waals surface area contributed by atoms with Crippen LogP contribution in [0, 0.1) is 0 Å². The molecule has 18 heavy (non-hydrogen) atoms. The summed E-state index contributed by atoms with van der Waals surface area (Å²) < 4.78 is 33.9. The van der Waals surface area contributed by atoms with Crippen LogP contribution >= 0.6 is 0 Å². The molecule has 1 rings (SSSR count). The lowest BCUT2D eigenvalue weighted by molar-refractivity contribution is -0.137. The first-order valence-corrected chi connectivity index (χ1v) is 5.37. The topological polar surface area (TPSA) is 55.8 Å². The Balaban J connectivity index is 2.84. The van der Waals surface area contributed by atoms with E-state index in [0.29, 0.717) is 18.4 Å². The number of hydrogen-bond acceptors (Lipinski definition) is 3. The molecule has 0 spiro atoms. The summed E-state index contributed by atoms with van der Waals surface area (Å²) >= 11 is 0. The molecule has 0 radical (unpaired) electrons. The van der Waals surface area contributed by atoms with E-state index in [9.17, 15) is 13.6 Å². The molecule has 1 N–H and O–H groups in total. The average molecular weight is 260 g/mol. The van der Waals surface area contributed by atoms with E-state index in [2.05, 4.69) is 4.74 Å². The predicted octanol–water partition coefficient (Wildman–Crippen LogP) is 2.70. The summed E-state index contributed by atoms with van der Waals surface area (Å²) in [6.45, 7) is -2.94. The van der Waals surface area contributed by atoms with Crippen molar-refractivity contribution < 1.29 is 28.2 Å². The zero-order valence-electron chi connectivity index (χ0n) is 9.86. The fraction of sp³-hybridized carbons (Fsp3) is 0.417. The van der Waals surface area contributed by atoms with Crippen LogP contribution in [0.25, 0.3) is 0 Å². The zero-order chi connectivity index (χ0) is 13.5. The van der Waals surface area contributed by atoms with Crippen molar-refractivity contribution in [1.29, 1.82) is 0 Å². The lowest BCUT2D eigenvalue weighted by Gasteiger charge is -2.14. The van der Waals surface area contributed by atoms with Gasteiger partial charge in [-0.1, -0.05) is 12.1 Å². The molecule has 0 atom stereocenters. The summed E-state index contributed by atoms with van der Waals surface area (Å²) in [5.41, 5.74) is 0.510. The van der Waals surface area contributed by atoms with Gasteiger partial charge in [0.05, 0.1) is 7.11 Å². The maximum Gasteiger partial charge on any atom is 0.387 e. The Kier molecular flexibility index (Phi) is 5.35. The Bertz CT molecular complexity index is 407. The lowest BCUT2D eigenvalue weighted by Crippen LogP contribution is -2.06. The number of aryl methyl sites for hydroxylation is 1. The number of hydrogen-bond donors (Lipinski definition) is 1. The molecule has 0 aliphatic rings. The third kappa shape index (κ3) is 4.20. The van der Waals surface area contributed by atoms with Gasteiger partial charge in [-0.25, -0.2) is 0 Å². The summed E-state index contributed by atoms with van der Waals surface area (Å²) in [4.78, 5) is 10.4. The maximum atomic E-state index is 12.3. The molecular weight excluding hydrogens is 246 g/mol. The number of benzene rings is 1. The molecule has 0 aliphatic carbocycles. The zero-order valence-corrected chi connectivity index (χ0v) is 9.86. The number of alkyl halides is 2. The second-order valence-corrected chi connectivity index (χ2v) is 3.57. The number of halogens is 2. The Morgan fingerprint density at radius 3 is 2.72 bits per heavy atom. The van der Waals surface area contributed by atoms with E-state index >= 15 is 0 Å². The van der Waals surface area contributed by atoms with Crippen LogP contribution in [0.5, 0.6) is 11.5 Å². The van der Waals surface area contributed by atoms with Gasteiger partial charge in [0.1, 0.15) is 0 Å². The predicted molar refractivity (Wildman–Crippen MR) is 60.2 cm³/mol. The summed E-state index contributed by atoms with van der Waals surface area (Å²) in [6.07, 6.45) is 0.666. The van der Waals surface area contributed by atoms with Crippen LogP contribution in [0.1, 0.15) is 18.4 Å². The fourth-order valence-corrected chi connectivity index (χ4v) is 1.57. The Hall–Kier alpha value is -1.85. The SMILES string of the molecule is COc1cccc(CCCC(=O)O)c1OC(F)F. The molecule has 0 heterocycles. The van der Waals surface area contributed by atoms with Crippen molar-refractivity contribution in [2.24, 2.45) is 0 Å². The Morgan fingerprint density at radius 1 is 1.44 bits per heavy atom. The van der Waals surface area contributed by atoms with Crippen molar-refractivity contribution in [2.45, 2.75) is 25.9 Å². The van der Waals surface area contributed by atoms with Crippen molar-refractivity contribution >= 4 is 5.97 Å². The third-order valence-corrected chi connectivity index (χ3v) is 2.32. The first kappa shape index (κ1) is 14.2. The minimum absolute atomic E-state index is 0.0225. The molecule has 0 saturated carbocycles. The van der Waals surface area contributed by atoms with Gasteiger partial charge in [0, 0.05) is 6.42 Å². The van der Waals surface area contributed by atoms with Crippen molar-refractivity contribution in [3.8, 4) is 11.5 Å². The number of carbonyl (C=O) groups is 1. The molecule has 0 unspecified atom stereocenters. The molecule has 0 bridgehead atoms.